The van der Waals surface area contributed by atoms with Crippen molar-refractivity contribution in [1.29, 1.82) is 0 Å². The van der Waals surface area contributed by atoms with Crippen molar-refractivity contribution < 1.29 is 9.90 Å². The van der Waals surface area contributed by atoms with E-state index >= 15 is 0 Å². The van der Waals surface area contributed by atoms with Crippen LogP contribution in [-0.4, -0.2) is 11.1 Å². The standard InChI is InChI=1S/C5H5O2P.H3P/c6-5(7)4-2-1-3-8-4;/h1-3,8H,(H,6,7);1H3. The van der Waals surface area contributed by atoms with Crippen molar-refractivity contribution in [3.05, 3.63) is 23.2 Å². The first-order valence-corrected chi connectivity index (χ1v) is 3.25. The lowest BCUT2D eigenvalue weighted by Crippen LogP contribution is -1.88. The molecule has 9 heavy (non-hydrogen) atoms. The zero-order chi connectivity index (χ0) is 5.98. The van der Waals surface area contributed by atoms with Gasteiger partial charge in [-0.2, -0.15) is 9.90 Å². The monoisotopic (exact) mass is 162 g/mol. The normalized spacial score (nSPS) is 8.89. The highest BCUT2D eigenvalue weighted by Crippen LogP contribution is 2.13. The summed E-state index contributed by atoms with van der Waals surface area (Å²) < 4.78 is 0. The van der Waals surface area contributed by atoms with Crippen molar-refractivity contribution in [3.63, 3.8) is 0 Å². The molecule has 0 aliphatic carbocycles. The molecule has 50 valence electrons. The maximum Gasteiger partial charge on any atom is 0.339 e. The maximum atomic E-state index is 10.1. The van der Waals surface area contributed by atoms with Gasteiger partial charge in [0, 0.05) is 0 Å². The van der Waals surface area contributed by atoms with Gasteiger partial charge in [0.15, 0.2) is 0 Å². The number of carbonyl (C=O) groups is 1. The van der Waals surface area contributed by atoms with Crippen molar-refractivity contribution in [2.45, 2.75) is 0 Å². The minimum atomic E-state index is -0.798. The van der Waals surface area contributed by atoms with Crippen LogP contribution in [0.15, 0.2) is 17.9 Å². The Morgan fingerprint density at radius 2 is 2.33 bits per heavy atom. The molecule has 0 amide bonds. The second-order valence-electron chi connectivity index (χ2n) is 1.39. The van der Waals surface area contributed by atoms with E-state index in [0.29, 0.717) is 13.5 Å². The van der Waals surface area contributed by atoms with E-state index in [1.54, 1.807) is 12.1 Å². The van der Waals surface area contributed by atoms with Crippen LogP contribution in [0.5, 0.6) is 0 Å². The van der Waals surface area contributed by atoms with Crippen molar-refractivity contribution >= 4 is 24.1 Å². The van der Waals surface area contributed by atoms with E-state index < -0.39 is 5.97 Å². The number of carboxylic acids is 1. The van der Waals surface area contributed by atoms with Crippen LogP contribution in [0.1, 0.15) is 10.1 Å². The van der Waals surface area contributed by atoms with Crippen LogP contribution in [0, 0.1) is 0 Å². The molecule has 0 radical (unpaired) electrons. The molecular formula is C5H8O2P2. The molecule has 2 unspecified atom stereocenters. The van der Waals surface area contributed by atoms with E-state index in [1.165, 1.54) is 0 Å². The summed E-state index contributed by atoms with van der Waals surface area (Å²) in [7, 11) is 0.361. The van der Waals surface area contributed by atoms with Gasteiger partial charge in [-0.3, -0.25) is 0 Å². The Balaban J connectivity index is 0.000000640. The van der Waals surface area contributed by atoms with Crippen molar-refractivity contribution in [3.8, 4) is 0 Å². The molecule has 0 spiro atoms. The third kappa shape index (κ3) is 2.17. The summed E-state index contributed by atoms with van der Waals surface area (Å²) in [5.74, 6) is 1.05. The summed E-state index contributed by atoms with van der Waals surface area (Å²) in [6.45, 7) is 0. The average molecular weight is 162 g/mol. The summed E-state index contributed by atoms with van der Waals surface area (Å²) in [5, 5.41) is 8.82. The number of hydrogen-bond acceptors (Lipinski definition) is 1. The first kappa shape index (κ1) is 8.68. The average Bonchev–Trinajstić information content (AvgIpc) is 2.12. The predicted molar refractivity (Wildman–Crippen MR) is 44.0 cm³/mol. The van der Waals surface area contributed by atoms with E-state index in [1.807, 2.05) is 5.80 Å². The molecule has 2 atom stereocenters. The fourth-order valence-corrected chi connectivity index (χ4v) is 1.15. The predicted octanol–water partition coefficient (Wildman–Crippen LogP) is 1.47. The lowest BCUT2D eigenvalue weighted by Gasteiger charge is -1.79. The molecule has 4 heteroatoms. The fourth-order valence-electron chi connectivity index (χ4n) is 0.463. The quantitative estimate of drug-likeness (QED) is 0.635. The van der Waals surface area contributed by atoms with Crippen LogP contribution >= 0.6 is 18.1 Å². The highest BCUT2D eigenvalue weighted by Gasteiger charge is 1.97. The first-order valence-electron chi connectivity index (χ1n) is 2.17. The van der Waals surface area contributed by atoms with Gasteiger partial charge < -0.3 is 5.11 Å². The molecule has 1 heterocycles. The molecule has 0 aromatic carbocycles. The molecule has 0 aliphatic heterocycles. The number of aromatic carboxylic acids is 1. The molecule has 0 aliphatic rings. The third-order valence-corrected chi connectivity index (χ3v) is 1.88. The van der Waals surface area contributed by atoms with Gasteiger partial charge in [0.05, 0.1) is 5.30 Å². The van der Waals surface area contributed by atoms with E-state index in [2.05, 4.69) is 0 Å². The van der Waals surface area contributed by atoms with Gasteiger partial charge in [-0.05, 0) is 11.9 Å². The van der Waals surface area contributed by atoms with E-state index in [0.717, 1.165) is 0 Å². The van der Waals surface area contributed by atoms with Gasteiger partial charge in [0.25, 0.3) is 0 Å². The first-order chi connectivity index (χ1) is 3.80. The van der Waals surface area contributed by atoms with Gasteiger partial charge >= 0.3 is 5.97 Å². The Labute approximate surface area is 58.0 Å². The lowest BCUT2D eigenvalue weighted by molar-refractivity contribution is 0.0702. The van der Waals surface area contributed by atoms with Gasteiger partial charge in [0.1, 0.15) is 0 Å². The highest BCUT2D eigenvalue weighted by molar-refractivity contribution is 7.31. The molecule has 1 rings (SSSR count). The molecule has 0 saturated heterocycles. The van der Waals surface area contributed by atoms with E-state index in [9.17, 15) is 4.79 Å². The Morgan fingerprint density at radius 3 is 2.56 bits per heavy atom. The third-order valence-electron chi connectivity index (χ3n) is 0.828. The summed E-state index contributed by atoms with van der Waals surface area (Å²) in [4.78, 5) is 10.1. The van der Waals surface area contributed by atoms with Crippen LogP contribution in [-0.2, 0) is 0 Å². The highest BCUT2D eigenvalue weighted by atomic mass is 31.0. The number of hydrogen-bond donors (Lipinski definition) is 1. The van der Waals surface area contributed by atoms with Gasteiger partial charge in [-0.25, -0.2) is 4.79 Å². The molecule has 1 aromatic heterocycles. The Bertz CT molecular complexity index is 181. The molecule has 0 bridgehead atoms. The molecular weight excluding hydrogens is 154 g/mol. The summed E-state index contributed by atoms with van der Waals surface area (Å²) in [5.41, 5.74) is 0. The van der Waals surface area contributed by atoms with Gasteiger partial charge in [-0.15, -0.1) is 8.19 Å². The summed E-state index contributed by atoms with van der Waals surface area (Å²) in [6.07, 6.45) is 0. The van der Waals surface area contributed by atoms with E-state index in [4.69, 9.17) is 5.11 Å². The second kappa shape index (κ2) is 3.66. The minimum Gasteiger partial charge on any atom is -0.477 e. The van der Waals surface area contributed by atoms with Crippen LogP contribution in [0.25, 0.3) is 0 Å². The number of rotatable bonds is 1. The largest absolute Gasteiger partial charge is 0.477 e. The zero-order valence-electron chi connectivity index (χ0n) is 4.79. The zero-order valence-corrected chi connectivity index (χ0v) is 7.21. The summed E-state index contributed by atoms with van der Waals surface area (Å²) >= 11 is 0. The van der Waals surface area contributed by atoms with Crippen LogP contribution in [0.3, 0.4) is 0 Å². The fraction of sp³-hybridized carbons (Fsp3) is 0. The smallest absolute Gasteiger partial charge is 0.339 e. The Kier molecular flexibility index (Phi) is 3.53. The van der Waals surface area contributed by atoms with Crippen molar-refractivity contribution in [2.24, 2.45) is 0 Å². The van der Waals surface area contributed by atoms with E-state index in [-0.39, 0.29) is 9.90 Å². The van der Waals surface area contributed by atoms with Crippen LogP contribution in [0.4, 0.5) is 0 Å². The van der Waals surface area contributed by atoms with Gasteiger partial charge in [0.2, 0.25) is 0 Å². The molecule has 1 N–H and O–H groups in total. The maximum absolute atomic E-state index is 10.1. The van der Waals surface area contributed by atoms with Gasteiger partial charge in [-0.1, -0.05) is 6.07 Å². The number of carboxylic acid groups (broad SMARTS) is 1. The van der Waals surface area contributed by atoms with Crippen LogP contribution in [0.2, 0.25) is 0 Å². The molecule has 0 saturated carbocycles. The molecule has 0 fully saturated rings. The second-order valence-corrected chi connectivity index (χ2v) is 2.55. The molecule has 1 aromatic rings. The molecule has 2 nitrogen and oxygen atoms in total. The van der Waals surface area contributed by atoms with Crippen LogP contribution < -0.4 is 0 Å². The van der Waals surface area contributed by atoms with Crippen molar-refractivity contribution in [2.75, 3.05) is 0 Å². The minimum absolute atomic E-state index is 0. The lowest BCUT2D eigenvalue weighted by atomic mass is 10.5. The summed E-state index contributed by atoms with van der Waals surface area (Å²) in [6, 6.07) is 3.39. The Hall–Kier alpha value is -0.320. The topological polar surface area (TPSA) is 37.3 Å². The Morgan fingerprint density at radius 1 is 1.67 bits per heavy atom. The SMILES string of the molecule is O=C(O)c1ccc[pH]1.P. The van der Waals surface area contributed by atoms with Crippen molar-refractivity contribution in [1.82, 2.24) is 0 Å².